The molecule has 0 aromatic rings. The summed E-state index contributed by atoms with van der Waals surface area (Å²) in [6.07, 6.45) is 79.6. The fourth-order valence-corrected chi connectivity index (χ4v) is 8.11. The minimum absolute atomic E-state index is 0.0912. The summed E-state index contributed by atoms with van der Waals surface area (Å²) in [6, 6.07) is 0. The number of esters is 1. The van der Waals surface area contributed by atoms with Gasteiger partial charge in [0.05, 0.1) is 19.8 Å². The van der Waals surface area contributed by atoms with Crippen LogP contribution in [0.4, 0.5) is 0 Å². The first-order valence-corrected chi connectivity index (χ1v) is 29.5. The number of phosphoric ester groups is 1. The molecule has 2 unspecified atom stereocenters. The summed E-state index contributed by atoms with van der Waals surface area (Å²) in [5.74, 6) is -0.348. The Balaban J connectivity index is 3.97. The molecule has 0 saturated heterocycles. The minimum Gasteiger partial charge on any atom is -0.457 e. The van der Waals surface area contributed by atoms with Crippen molar-refractivity contribution >= 4 is 13.8 Å². The molecule has 400 valence electrons. The van der Waals surface area contributed by atoms with Crippen molar-refractivity contribution in [1.82, 2.24) is 0 Å². The molecule has 0 radical (unpaired) electrons. The number of carbonyl (C=O) groups excluding carboxylic acids is 1. The molecular weight excluding hydrogens is 890 g/mol. The van der Waals surface area contributed by atoms with Gasteiger partial charge < -0.3 is 20.1 Å². The molecule has 0 heterocycles. The molecule has 2 atom stereocenters. The average molecular weight is 994 g/mol. The van der Waals surface area contributed by atoms with Crippen LogP contribution in [0.25, 0.3) is 0 Å². The van der Waals surface area contributed by atoms with E-state index >= 15 is 0 Å². The second-order valence-corrected chi connectivity index (χ2v) is 19.5. The molecule has 0 bridgehead atoms. The van der Waals surface area contributed by atoms with Gasteiger partial charge in [-0.25, -0.2) is 4.57 Å². The van der Waals surface area contributed by atoms with Crippen LogP contribution in [0.3, 0.4) is 0 Å². The fourth-order valence-electron chi connectivity index (χ4n) is 7.35. The normalized spacial score (nSPS) is 14.2. The lowest BCUT2D eigenvalue weighted by molar-refractivity contribution is -0.154. The molecule has 8 nitrogen and oxygen atoms in total. The van der Waals surface area contributed by atoms with Crippen LogP contribution in [0.2, 0.25) is 0 Å². The second kappa shape index (κ2) is 56.8. The monoisotopic (exact) mass is 994 g/mol. The summed E-state index contributed by atoms with van der Waals surface area (Å²) in [5.41, 5.74) is 5.40. The van der Waals surface area contributed by atoms with Gasteiger partial charge >= 0.3 is 13.8 Å². The number of rotatable bonds is 52. The van der Waals surface area contributed by atoms with Crippen LogP contribution >= 0.6 is 7.82 Å². The molecule has 0 aliphatic rings. The Labute approximate surface area is 430 Å². The highest BCUT2D eigenvalue weighted by Crippen LogP contribution is 2.43. The Morgan fingerprint density at radius 2 is 0.757 bits per heavy atom. The van der Waals surface area contributed by atoms with Crippen LogP contribution in [0, 0.1) is 0 Å². The van der Waals surface area contributed by atoms with Gasteiger partial charge in [-0.2, -0.15) is 0 Å². The van der Waals surface area contributed by atoms with Crippen molar-refractivity contribution in [3.63, 3.8) is 0 Å². The molecule has 0 saturated carbocycles. The first-order valence-electron chi connectivity index (χ1n) is 28.0. The lowest BCUT2D eigenvalue weighted by Crippen LogP contribution is -2.28. The van der Waals surface area contributed by atoms with Crippen molar-refractivity contribution in [3.8, 4) is 0 Å². The third-order valence-corrected chi connectivity index (χ3v) is 12.4. The van der Waals surface area contributed by atoms with E-state index in [2.05, 4.69) is 135 Å². The third-order valence-electron chi connectivity index (χ3n) is 11.4. The second-order valence-electron chi connectivity index (χ2n) is 18.0. The number of phosphoric acid groups is 1. The number of hydrogen-bond donors (Lipinski definition) is 2. The molecule has 0 aromatic heterocycles. The SMILES string of the molecule is CC/C=C\C/C=C\C/C=C\C/C=C\C/C=C\C/C=C\CCCCCCCCC(=O)OC(COCCCCCCCCCCCCCCC/C=C\C/C=C\C/C=C\C/C=C\CC)COP(=O)(O)OCCN. The summed E-state index contributed by atoms with van der Waals surface area (Å²) in [4.78, 5) is 22.7. The number of hydrogen-bond acceptors (Lipinski definition) is 7. The zero-order valence-electron chi connectivity index (χ0n) is 44.7. The van der Waals surface area contributed by atoms with Gasteiger partial charge in [0.25, 0.3) is 0 Å². The van der Waals surface area contributed by atoms with E-state index in [0.29, 0.717) is 13.0 Å². The lowest BCUT2D eigenvalue weighted by Gasteiger charge is -2.20. The Hall–Kier alpha value is -3.10. The van der Waals surface area contributed by atoms with Gasteiger partial charge in [0, 0.05) is 19.6 Å². The van der Waals surface area contributed by atoms with Gasteiger partial charge in [0.15, 0.2) is 0 Å². The standard InChI is InChI=1S/C61H104NO7P/c1-3-5-7-9-11-13-15-17-19-21-23-25-27-29-31-33-35-37-39-41-43-45-47-49-51-53-56-66-58-60(59-68-70(64,65)67-57-55-62)69-61(63)54-52-50-48-46-44-42-40-38-36-34-32-30-28-26-24-22-20-18-16-14-12-10-8-6-4-2/h5-8,11-14,17-20,23-26,30,32,36,38,60H,3-4,9-10,15-16,21-22,27-29,31,33-35,37,39-59,62H2,1-2H3,(H,64,65)/b7-5-,8-6-,13-11-,14-12-,19-17-,20-18-,25-23-,26-24-,32-30-,38-36-. The van der Waals surface area contributed by atoms with Crippen molar-refractivity contribution < 1.29 is 32.8 Å². The molecular formula is C61H104NO7P. The molecule has 0 aromatic carbocycles. The Morgan fingerprint density at radius 3 is 1.13 bits per heavy atom. The maximum absolute atomic E-state index is 12.7. The van der Waals surface area contributed by atoms with Crippen molar-refractivity contribution in [1.29, 1.82) is 0 Å². The summed E-state index contributed by atoms with van der Waals surface area (Å²) >= 11 is 0. The topological polar surface area (TPSA) is 117 Å². The molecule has 0 aliphatic heterocycles. The van der Waals surface area contributed by atoms with Gasteiger partial charge in [-0.3, -0.25) is 13.8 Å². The number of unbranched alkanes of at least 4 members (excludes halogenated alkanes) is 19. The lowest BCUT2D eigenvalue weighted by atomic mass is 10.0. The van der Waals surface area contributed by atoms with Crippen molar-refractivity contribution in [2.24, 2.45) is 5.73 Å². The molecule has 3 N–H and O–H groups in total. The Bertz CT molecular complexity index is 1490. The third kappa shape index (κ3) is 55.8. The highest BCUT2D eigenvalue weighted by Gasteiger charge is 2.25. The molecule has 0 rings (SSSR count). The Kier molecular flexibility index (Phi) is 54.3. The maximum atomic E-state index is 12.7. The van der Waals surface area contributed by atoms with E-state index in [1.807, 2.05) is 0 Å². The number of allylic oxidation sites excluding steroid dienone is 20. The quantitative estimate of drug-likeness (QED) is 0.0268. The predicted octanol–water partition coefficient (Wildman–Crippen LogP) is 18.1. The zero-order chi connectivity index (χ0) is 50.8. The smallest absolute Gasteiger partial charge is 0.457 e. The van der Waals surface area contributed by atoms with Crippen LogP contribution in [0.15, 0.2) is 122 Å². The average Bonchev–Trinajstić information content (AvgIpc) is 3.35. The molecule has 0 fully saturated rings. The van der Waals surface area contributed by atoms with Crippen LogP contribution in [-0.2, 0) is 27.9 Å². The number of carbonyl (C=O) groups is 1. The van der Waals surface area contributed by atoms with E-state index in [4.69, 9.17) is 24.3 Å². The molecule has 0 spiro atoms. The highest BCUT2D eigenvalue weighted by atomic mass is 31.2. The van der Waals surface area contributed by atoms with E-state index < -0.39 is 13.9 Å². The molecule has 9 heteroatoms. The van der Waals surface area contributed by atoms with Crippen molar-refractivity contribution in [2.75, 3.05) is 33.0 Å². The Morgan fingerprint density at radius 1 is 0.429 bits per heavy atom. The van der Waals surface area contributed by atoms with E-state index in [1.165, 1.54) is 89.9 Å². The molecule has 0 amide bonds. The largest absolute Gasteiger partial charge is 0.472 e. The zero-order valence-corrected chi connectivity index (χ0v) is 45.6. The summed E-state index contributed by atoms with van der Waals surface area (Å²) < 4.78 is 33.7. The highest BCUT2D eigenvalue weighted by molar-refractivity contribution is 7.47. The van der Waals surface area contributed by atoms with E-state index in [9.17, 15) is 14.3 Å². The minimum atomic E-state index is -4.30. The van der Waals surface area contributed by atoms with Gasteiger partial charge in [0.2, 0.25) is 0 Å². The van der Waals surface area contributed by atoms with Crippen LogP contribution in [0.5, 0.6) is 0 Å². The first-order chi connectivity index (χ1) is 34.4. The number of nitrogens with two attached hydrogens (primary N) is 1. The van der Waals surface area contributed by atoms with Gasteiger partial charge in [-0.15, -0.1) is 0 Å². The number of ether oxygens (including phenoxy) is 2. The summed E-state index contributed by atoms with van der Waals surface area (Å²) in [5, 5.41) is 0. The van der Waals surface area contributed by atoms with Crippen LogP contribution in [-0.4, -0.2) is 49.9 Å². The van der Waals surface area contributed by atoms with E-state index in [1.54, 1.807) is 0 Å². The van der Waals surface area contributed by atoms with E-state index in [0.717, 1.165) is 109 Å². The maximum Gasteiger partial charge on any atom is 0.472 e. The van der Waals surface area contributed by atoms with Gasteiger partial charge in [-0.1, -0.05) is 232 Å². The van der Waals surface area contributed by atoms with Gasteiger partial charge in [0.1, 0.15) is 6.10 Å². The predicted molar refractivity (Wildman–Crippen MR) is 302 cm³/mol. The van der Waals surface area contributed by atoms with Gasteiger partial charge in [-0.05, 0) is 103 Å². The molecule has 70 heavy (non-hydrogen) atoms. The van der Waals surface area contributed by atoms with Crippen molar-refractivity contribution in [3.05, 3.63) is 122 Å². The fraction of sp³-hybridized carbons (Fsp3) is 0.656. The molecule has 0 aliphatic carbocycles. The van der Waals surface area contributed by atoms with Crippen LogP contribution in [0.1, 0.15) is 219 Å². The summed E-state index contributed by atoms with van der Waals surface area (Å²) in [6.45, 7) is 4.67. The van der Waals surface area contributed by atoms with Crippen LogP contribution < -0.4 is 5.73 Å². The van der Waals surface area contributed by atoms with E-state index in [-0.39, 0.29) is 32.3 Å². The first kappa shape index (κ1) is 66.9. The summed E-state index contributed by atoms with van der Waals surface area (Å²) in [7, 11) is -4.30. The van der Waals surface area contributed by atoms with Crippen molar-refractivity contribution in [2.45, 2.75) is 225 Å².